The van der Waals surface area contributed by atoms with Crippen LogP contribution in [0.15, 0.2) is 28.7 Å². The van der Waals surface area contributed by atoms with Gasteiger partial charge in [-0.2, -0.15) is 0 Å². The third kappa shape index (κ3) is 4.41. The Bertz CT molecular complexity index is 330. The Kier molecular flexibility index (Phi) is 6.78. The normalized spacial score (nSPS) is 14.6. The molecule has 2 atom stereocenters. The summed E-state index contributed by atoms with van der Waals surface area (Å²) in [6, 6.07) is 8.80. The summed E-state index contributed by atoms with van der Waals surface area (Å²) in [5.74, 6) is 0.550. The van der Waals surface area contributed by atoms with Gasteiger partial charge in [0, 0.05) is 24.2 Å². The lowest BCUT2D eigenvalue weighted by Crippen LogP contribution is -2.27. The molecule has 1 aromatic rings. The second-order valence-electron chi connectivity index (χ2n) is 4.32. The van der Waals surface area contributed by atoms with E-state index in [0.29, 0.717) is 12.0 Å². The number of methoxy groups -OCH3 is 1. The zero-order chi connectivity index (χ0) is 12.7. The molecule has 0 aliphatic heterocycles. The van der Waals surface area contributed by atoms with E-state index < -0.39 is 0 Å². The Morgan fingerprint density at radius 1 is 1.35 bits per heavy atom. The first-order chi connectivity index (χ1) is 8.20. The van der Waals surface area contributed by atoms with E-state index >= 15 is 0 Å². The lowest BCUT2D eigenvalue weighted by molar-refractivity contribution is 0.170. The van der Waals surface area contributed by atoms with Gasteiger partial charge in [0.25, 0.3) is 0 Å². The van der Waals surface area contributed by atoms with Gasteiger partial charge in [-0.25, -0.2) is 0 Å². The summed E-state index contributed by atoms with van der Waals surface area (Å²) in [6.45, 7) is 6.20. The van der Waals surface area contributed by atoms with Gasteiger partial charge in [0.2, 0.25) is 0 Å². The minimum atomic E-state index is 0.380. The van der Waals surface area contributed by atoms with Crippen LogP contribution >= 0.6 is 15.9 Å². The maximum Gasteiger partial charge on any atom is 0.0465 e. The van der Waals surface area contributed by atoms with Crippen LogP contribution in [0.2, 0.25) is 0 Å². The van der Waals surface area contributed by atoms with Crippen LogP contribution in [0.5, 0.6) is 0 Å². The molecule has 1 aromatic carbocycles. The van der Waals surface area contributed by atoms with Crippen molar-refractivity contribution in [3.05, 3.63) is 34.3 Å². The van der Waals surface area contributed by atoms with Crippen molar-refractivity contribution in [1.82, 2.24) is 5.32 Å². The summed E-state index contributed by atoms with van der Waals surface area (Å²) in [5.41, 5.74) is 1.33. The van der Waals surface area contributed by atoms with Gasteiger partial charge in [0.15, 0.2) is 0 Å². The SMILES string of the molecule is CCNC(c1ccccc1Br)C(C)CCOC. The molecule has 3 heteroatoms. The van der Waals surface area contributed by atoms with Crippen LogP contribution in [-0.4, -0.2) is 20.3 Å². The van der Waals surface area contributed by atoms with Crippen LogP contribution in [0.3, 0.4) is 0 Å². The van der Waals surface area contributed by atoms with E-state index in [1.807, 2.05) is 0 Å². The summed E-state index contributed by atoms with van der Waals surface area (Å²) in [5, 5.41) is 3.56. The molecule has 1 rings (SSSR count). The number of halogens is 1. The maximum absolute atomic E-state index is 5.17. The molecule has 96 valence electrons. The molecular weight excluding hydrogens is 278 g/mol. The minimum absolute atomic E-state index is 0.380. The summed E-state index contributed by atoms with van der Waals surface area (Å²) in [7, 11) is 1.76. The van der Waals surface area contributed by atoms with E-state index in [-0.39, 0.29) is 0 Å². The molecule has 0 bridgehead atoms. The van der Waals surface area contributed by atoms with Crippen molar-refractivity contribution in [3.8, 4) is 0 Å². The third-order valence-electron chi connectivity index (χ3n) is 3.01. The molecule has 0 spiro atoms. The summed E-state index contributed by atoms with van der Waals surface area (Å²) >= 11 is 3.63. The van der Waals surface area contributed by atoms with E-state index in [1.54, 1.807) is 7.11 Å². The molecule has 0 saturated heterocycles. The highest BCUT2D eigenvalue weighted by Crippen LogP contribution is 2.30. The van der Waals surface area contributed by atoms with Gasteiger partial charge in [-0.3, -0.25) is 0 Å². The van der Waals surface area contributed by atoms with Crippen LogP contribution < -0.4 is 5.32 Å². The third-order valence-corrected chi connectivity index (χ3v) is 3.73. The van der Waals surface area contributed by atoms with E-state index in [0.717, 1.165) is 19.6 Å². The highest BCUT2D eigenvalue weighted by Gasteiger charge is 2.19. The molecule has 2 nitrogen and oxygen atoms in total. The average molecular weight is 300 g/mol. The zero-order valence-corrected chi connectivity index (χ0v) is 12.5. The second kappa shape index (κ2) is 7.85. The smallest absolute Gasteiger partial charge is 0.0465 e. The molecule has 0 aromatic heterocycles. The monoisotopic (exact) mass is 299 g/mol. The minimum Gasteiger partial charge on any atom is -0.385 e. The summed E-state index contributed by atoms with van der Waals surface area (Å²) in [6.07, 6.45) is 1.06. The fourth-order valence-corrected chi connectivity index (χ4v) is 2.57. The van der Waals surface area contributed by atoms with Gasteiger partial charge in [-0.15, -0.1) is 0 Å². The van der Waals surface area contributed by atoms with Gasteiger partial charge >= 0.3 is 0 Å². The lowest BCUT2D eigenvalue weighted by Gasteiger charge is -2.26. The van der Waals surface area contributed by atoms with Gasteiger partial charge in [0.05, 0.1) is 0 Å². The predicted molar refractivity (Wildman–Crippen MR) is 76.2 cm³/mol. The summed E-state index contributed by atoms with van der Waals surface area (Å²) in [4.78, 5) is 0. The first-order valence-electron chi connectivity index (χ1n) is 6.17. The lowest BCUT2D eigenvalue weighted by atomic mass is 9.92. The predicted octanol–water partition coefficient (Wildman–Crippen LogP) is 3.77. The van der Waals surface area contributed by atoms with Crippen molar-refractivity contribution >= 4 is 15.9 Å². The Balaban J connectivity index is 2.81. The van der Waals surface area contributed by atoms with Crippen molar-refractivity contribution in [2.45, 2.75) is 26.3 Å². The van der Waals surface area contributed by atoms with Gasteiger partial charge < -0.3 is 10.1 Å². The van der Waals surface area contributed by atoms with E-state index in [9.17, 15) is 0 Å². The first-order valence-corrected chi connectivity index (χ1v) is 6.96. The van der Waals surface area contributed by atoms with Crippen molar-refractivity contribution in [3.63, 3.8) is 0 Å². The Morgan fingerprint density at radius 2 is 2.06 bits per heavy atom. The Labute approximate surface area is 113 Å². The zero-order valence-electron chi connectivity index (χ0n) is 10.9. The largest absolute Gasteiger partial charge is 0.385 e. The molecular formula is C14H22BrNO. The fraction of sp³-hybridized carbons (Fsp3) is 0.571. The van der Waals surface area contributed by atoms with Crippen LogP contribution in [0.25, 0.3) is 0 Å². The van der Waals surface area contributed by atoms with Crippen LogP contribution in [-0.2, 0) is 4.74 Å². The number of hydrogen-bond acceptors (Lipinski definition) is 2. The molecule has 2 unspecified atom stereocenters. The first kappa shape index (κ1) is 14.7. The molecule has 0 radical (unpaired) electrons. The quantitative estimate of drug-likeness (QED) is 0.827. The number of ether oxygens (including phenoxy) is 1. The van der Waals surface area contributed by atoms with Crippen LogP contribution in [0.1, 0.15) is 31.9 Å². The molecule has 1 N–H and O–H groups in total. The molecule has 0 fully saturated rings. The van der Waals surface area contributed by atoms with Crippen molar-refractivity contribution in [2.75, 3.05) is 20.3 Å². The number of nitrogens with one attached hydrogen (secondary N) is 1. The van der Waals surface area contributed by atoms with Crippen LogP contribution in [0.4, 0.5) is 0 Å². The van der Waals surface area contributed by atoms with E-state index in [4.69, 9.17) is 4.74 Å². The maximum atomic E-state index is 5.17. The average Bonchev–Trinajstić information content (AvgIpc) is 2.34. The summed E-state index contributed by atoms with van der Waals surface area (Å²) < 4.78 is 6.34. The number of benzene rings is 1. The topological polar surface area (TPSA) is 21.3 Å². The van der Waals surface area contributed by atoms with Gasteiger partial charge in [-0.1, -0.05) is 48.0 Å². The van der Waals surface area contributed by atoms with Gasteiger partial charge in [0.1, 0.15) is 0 Å². The van der Waals surface area contributed by atoms with Crippen LogP contribution in [0, 0.1) is 5.92 Å². The van der Waals surface area contributed by atoms with Crippen molar-refractivity contribution in [2.24, 2.45) is 5.92 Å². The highest BCUT2D eigenvalue weighted by atomic mass is 79.9. The van der Waals surface area contributed by atoms with Gasteiger partial charge in [-0.05, 0) is 30.5 Å². The van der Waals surface area contributed by atoms with E-state index in [1.165, 1.54) is 10.0 Å². The molecule has 0 aliphatic carbocycles. The Morgan fingerprint density at radius 3 is 2.65 bits per heavy atom. The van der Waals surface area contributed by atoms with Crippen molar-refractivity contribution < 1.29 is 4.74 Å². The number of hydrogen-bond donors (Lipinski definition) is 1. The molecule has 0 amide bonds. The Hall–Kier alpha value is -0.380. The molecule has 0 heterocycles. The highest BCUT2D eigenvalue weighted by molar-refractivity contribution is 9.10. The fourth-order valence-electron chi connectivity index (χ4n) is 2.04. The molecule has 17 heavy (non-hydrogen) atoms. The molecule has 0 saturated carbocycles. The molecule has 0 aliphatic rings. The van der Waals surface area contributed by atoms with E-state index in [2.05, 4.69) is 59.4 Å². The number of rotatable bonds is 7. The van der Waals surface area contributed by atoms with Crippen molar-refractivity contribution in [1.29, 1.82) is 0 Å². The standard InChI is InChI=1S/C14H22BrNO/c1-4-16-14(11(2)9-10-17-3)12-7-5-6-8-13(12)15/h5-8,11,14,16H,4,9-10H2,1-3H3. The second-order valence-corrected chi connectivity index (χ2v) is 5.17.